The summed E-state index contributed by atoms with van der Waals surface area (Å²) in [4.78, 5) is 50.2. The van der Waals surface area contributed by atoms with Crippen molar-refractivity contribution in [1.29, 1.82) is 0 Å². The van der Waals surface area contributed by atoms with Gasteiger partial charge in [-0.15, -0.1) is 0 Å². The fourth-order valence-electron chi connectivity index (χ4n) is 3.18. The number of fused-ring (bicyclic) bond motifs is 1. The van der Waals surface area contributed by atoms with Crippen molar-refractivity contribution in [2.45, 2.75) is 45.7 Å². The summed E-state index contributed by atoms with van der Waals surface area (Å²) in [5.74, 6) is -1.24. The average molecular weight is 463 g/mol. The summed E-state index contributed by atoms with van der Waals surface area (Å²) >= 11 is 0. The van der Waals surface area contributed by atoms with Crippen molar-refractivity contribution < 1.29 is 28.7 Å². The van der Waals surface area contributed by atoms with Crippen LogP contribution in [0.2, 0.25) is 0 Å². The Labute approximate surface area is 194 Å². The molecule has 0 radical (unpaired) electrons. The van der Waals surface area contributed by atoms with Crippen LogP contribution in [0.4, 0.5) is 0 Å². The molecule has 4 N–H and O–H groups in total. The van der Waals surface area contributed by atoms with Crippen LogP contribution in [-0.2, 0) is 19.1 Å². The van der Waals surface area contributed by atoms with E-state index in [4.69, 9.17) is 9.47 Å². The molecular formula is C23H34N4O6. The smallest absolute Gasteiger partial charge is 0.255 e. The first-order valence-corrected chi connectivity index (χ1v) is 11.3. The molecule has 1 aromatic rings. The first kappa shape index (κ1) is 26.1. The van der Waals surface area contributed by atoms with Gasteiger partial charge in [-0.1, -0.05) is 26.0 Å². The minimum absolute atomic E-state index is 0.0388. The van der Waals surface area contributed by atoms with Gasteiger partial charge < -0.3 is 30.7 Å². The van der Waals surface area contributed by atoms with Gasteiger partial charge in [-0.25, -0.2) is 0 Å². The van der Waals surface area contributed by atoms with E-state index in [2.05, 4.69) is 21.3 Å². The van der Waals surface area contributed by atoms with E-state index >= 15 is 0 Å². The second-order valence-electron chi connectivity index (χ2n) is 8.05. The van der Waals surface area contributed by atoms with Gasteiger partial charge in [0.05, 0.1) is 24.8 Å². The lowest BCUT2D eigenvalue weighted by molar-refractivity contribution is -0.127. The maximum Gasteiger partial charge on any atom is 0.255 e. The van der Waals surface area contributed by atoms with Crippen LogP contribution in [0, 0.1) is 5.92 Å². The van der Waals surface area contributed by atoms with E-state index in [-0.39, 0.29) is 61.9 Å². The van der Waals surface area contributed by atoms with Crippen molar-refractivity contribution in [3.8, 4) is 5.75 Å². The molecule has 0 aliphatic carbocycles. The number of hydrogen-bond donors (Lipinski definition) is 4. The summed E-state index contributed by atoms with van der Waals surface area (Å²) in [6.07, 6.45) is 0.0279. The van der Waals surface area contributed by atoms with Gasteiger partial charge in [0, 0.05) is 19.6 Å². The number of benzene rings is 1. The van der Waals surface area contributed by atoms with Gasteiger partial charge >= 0.3 is 0 Å². The van der Waals surface area contributed by atoms with Gasteiger partial charge in [0.2, 0.25) is 17.7 Å². The zero-order valence-electron chi connectivity index (χ0n) is 19.4. The molecule has 0 saturated heterocycles. The SMILES string of the molecule is CCOCCNC(=O)[C@@H]1CCC(=O)NCC(=O)N[C@@H](C(C)C)COc2ccccc2C(=O)N1. The van der Waals surface area contributed by atoms with E-state index in [1.54, 1.807) is 24.3 Å². The van der Waals surface area contributed by atoms with E-state index < -0.39 is 17.9 Å². The minimum Gasteiger partial charge on any atom is -0.491 e. The number of hydrogen-bond acceptors (Lipinski definition) is 6. The zero-order chi connectivity index (χ0) is 24.2. The molecule has 10 nitrogen and oxygen atoms in total. The third-order valence-electron chi connectivity index (χ3n) is 5.18. The van der Waals surface area contributed by atoms with Crippen LogP contribution in [0.5, 0.6) is 5.75 Å². The molecule has 0 unspecified atom stereocenters. The van der Waals surface area contributed by atoms with Crippen molar-refractivity contribution >= 4 is 23.6 Å². The predicted molar refractivity (Wildman–Crippen MR) is 122 cm³/mol. The first-order chi connectivity index (χ1) is 15.8. The van der Waals surface area contributed by atoms with Crippen molar-refractivity contribution in [2.24, 2.45) is 5.92 Å². The van der Waals surface area contributed by atoms with Crippen LogP contribution in [0.3, 0.4) is 0 Å². The lowest BCUT2D eigenvalue weighted by Crippen LogP contribution is -2.48. The number of nitrogens with one attached hydrogen (secondary N) is 4. The maximum absolute atomic E-state index is 13.0. The fraction of sp³-hybridized carbons (Fsp3) is 0.565. The Morgan fingerprint density at radius 3 is 2.67 bits per heavy atom. The monoisotopic (exact) mass is 462 g/mol. The molecule has 0 fully saturated rings. The highest BCUT2D eigenvalue weighted by Gasteiger charge is 2.25. The molecule has 0 bridgehead atoms. The summed E-state index contributed by atoms with van der Waals surface area (Å²) in [5.41, 5.74) is 0.262. The maximum atomic E-state index is 13.0. The summed E-state index contributed by atoms with van der Waals surface area (Å²) in [7, 11) is 0. The third kappa shape index (κ3) is 8.72. The Hall–Kier alpha value is -3.14. The Morgan fingerprint density at radius 2 is 1.94 bits per heavy atom. The molecule has 2 atom stereocenters. The molecule has 1 heterocycles. The molecule has 1 aromatic carbocycles. The molecule has 0 aromatic heterocycles. The molecule has 10 heteroatoms. The Balaban J connectivity index is 2.24. The first-order valence-electron chi connectivity index (χ1n) is 11.3. The molecule has 0 saturated carbocycles. The van der Waals surface area contributed by atoms with Gasteiger partial charge in [-0.3, -0.25) is 19.2 Å². The predicted octanol–water partition coefficient (Wildman–Crippen LogP) is 0.367. The normalized spacial score (nSPS) is 20.3. The zero-order valence-corrected chi connectivity index (χ0v) is 19.4. The quantitative estimate of drug-likeness (QED) is 0.451. The molecule has 1 aliphatic rings. The second kappa shape index (κ2) is 13.4. The van der Waals surface area contributed by atoms with Crippen LogP contribution in [0.1, 0.15) is 44.0 Å². The van der Waals surface area contributed by atoms with Gasteiger partial charge in [0.25, 0.3) is 5.91 Å². The molecule has 33 heavy (non-hydrogen) atoms. The number of para-hydroxylation sites is 1. The van der Waals surface area contributed by atoms with Crippen molar-refractivity contribution in [3.63, 3.8) is 0 Å². The van der Waals surface area contributed by atoms with E-state index in [1.807, 2.05) is 20.8 Å². The third-order valence-corrected chi connectivity index (χ3v) is 5.18. The minimum atomic E-state index is -0.944. The summed E-state index contributed by atoms with van der Waals surface area (Å²) in [5, 5.41) is 10.8. The van der Waals surface area contributed by atoms with Crippen LogP contribution in [-0.4, -0.2) is 68.6 Å². The summed E-state index contributed by atoms with van der Waals surface area (Å²) < 4.78 is 11.1. The Morgan fingerprint density at radius 1 is 1.18 bits per heavy atom. The number of carbonyl (C=O) groups is 4. The van der Waals surface area contributed by atoms with Gasteiger partial charge in [0.15, 0.2) is 0 Å². The number of ether oxygens (including phenoxy) is 2. The highest BCUT2D eigenvalue weighted by atomic mass is 16.5. The van der Waals surface area contributed by atoms with Crippen LogP contribution < -0.4 is 26.0 Å². The Kier molecular flexibility index (Phi) is 10.6. The van der Waals surface area contributed by atoms with Gasteiger partial charge in [-0.05, 0) is 31.4 Å². The van der Waals surface area contributed by atoms with Crippen molar-refractivity contribution in [3.05, 3.63) is 29.8 Å². The lowest BCUT2D eigenvalue weighted by Gasteiger charge is -2.23. The van der Waals surface area contributed by atoms with Crippen LogP contribution in [0.15, 0.2) is 24.3 Å². The highest BCUT2D eigenvalue weighted by Crippen LogP contribution is 2.19. The van der Waals surface area contributed by atoms with Gasteiger partial charge in [-0.2, -0.15) is 0 Å². The highest BCUT2D eigenvalue weighted by molar-refractivity contribution is 5.99. The van der Waals surface area contributed by atoms with E-state index in [0.29, 0.717) is 19.0 Å². The molecule has 2 rings (SSSR count). The van der Waals surface area contributed by atoms with Crippen LogP contribution >= 0.6 is 0 Å². The van der Waals surface area contributed by atoms with Gasteiger partial charge in [0.1, 0.15) is 18.4 Å². The lowest BCUT2D eigenvalue weighted by atomic mass is 10.1. The van der Waals surface area contributed by atoms with Crippen LogP contribution in [0.25, 0.3) is 0 Å². The fourth-order valence-corrected chi connectivity index (χ4v) is 3.18. The molecule has 4 amide bonds. The standard InChI is InChI=1S/C23H34N4O6/c1-4-32-12-11-24-23(31)17-9-10-20(28)25-13-21(29)26-18(15(2)3)14-33-19-8-6-5-7-16(19)22(30)27-17/h5-8,15,17-18H,4,9-14H2,1-3H3,(H,24,31)(H,25,28)(H,26,29)(H,27,30)/t17-,18+/m0/s1. The number of rotatable bonds is 6. The largest absolute Gasteiger partial charge is 0.491 e. The Bertz CT molecular complexity index is 829. The summed E-state index contributed by atoms with van der Waals surface area (Å²) in [6.45, 7) is 6.83. The van der Waals surface area contributed by atoms with E-state index in [0.717, 1.165) is 0 Å². The number of amides is 4. The van der Waals surface area contributed by atoms with E-state index in [1.165, 1.54) is 0 Å². The second-order valence-corrected chi connectivity index (χ2v) is 8.05. The molecule has 1 aliphatic heterocycles. The van der Waals surface area contributed by atoms with Crippen molar-refractivity contribution in [1.82, 2.24) is 21.3 Å². The van der Waals surface area contributed by atoms with E-state index in [9.17, 15) is 19.2 Å². The molecule has 0 spiro atoms. The molecule has 182 valence electrons. The molecular weight excluding hydrogens is 428 g/mol. The van der Waals surface area contributed by atoms with Crippen molar-refractivity contribution in [2.75, 3.05) is 32.9 Å². The summed E-state index contributed by atoms with van der Waals surface area (Å²) in [6, 6.07) is 5.43. The number of carbonyl (C=O) groups excluding carboxylic acids is 4. The topological polar surface area (TPSA) is 135 Å². The average Bonchev–Trinajstić information content (AvgIpc) is 2.80.